The number of aliphatic hydroxyl groups is 1. The SMILES string of the molecule is CC1CCC=C(c2cc(N(C(=O)[C@H]3CC[C@H](C)CC3)[C@H]3CC[C@H](O)CC3)c(C(=O)O)s2)C1. The molecule has 2 fully saturated rings. The fraction of sp³-hybridized carbons (Fsp3) is 0.692. The van der Waals surface area contributed by atoms with Crippen LogP contribution < -0.4 is 4.90 Å². The number of thiophene rings is 1. The highest BCUT2D eigenvalue weighted by Gasteiger charge is 2.37. The van der Waals surface area contributed by atoms with Crippen LogP contribution in [0.2, 0.25) is 0 Å². The Labute approximate surface area is 195 Å². The second-order valence-corrected chi connectivity index (χ2v) is 11.4. The fourth-order valence-corrected chi connectivity index (χ4v) is 6.73. The van der Waals surface area contributed by atoms with E-state index in [1.54, 1.807) is 0 Å². The molecule has 2 N–H and O–H groups in total. The van der Waals surface area contributed by atoms with E-state index in [9.17, 15) is 19.8 Å². The second kappa shape index (κ2) is 10.1. The number of aliphatic hydroxyl groups excluding tert-OH is 1. The van der Waals surface area contributed by atoms with Crippen LogP contribution in [-0.2, 0) is 4.79 Å². The predicted molar refractivity (Wildman–Crippen MR) is 129 cm³/mol. The van der Waals surface area contributed by atoms with E-state index in [-0.39, 0.29) is 28.8 Å². The lowest BCUT2D eigenvalue weighted by Crippen LogP contribution is -2.47. The summed E-state index contributed by atoms with van der Waals surface area (Å²) in [6.07, 6.45) is 11.7. The summed E-state index contributed by atoms with van der Waals surface area (Å²) in [4.78, 5) is 29.3. The van der Waals surface area contributed by atoms with E-state index in [4.69, 9.17) is 0 Å². The van der Waals surface area contributed by atoms with Gasteiger partial charge < -0.3 is 15.1 Å². The van der Waals surface area contributed by atoms with Crippen LogP contribution in [0, 0.1) is 17.8 Å². The molecule has 0 bridgehead atoms. The van der Waals surface area contributed by atoms with Gasteiger partial charge in [0.2, 0.25) is 5.91 Å². The largest absolute Gasteiger partial charge is 0.477 e. The van der Waals surface area contributed by atoms with Crippen molar-refractivity contribution in [1.29, 1.82) is 0 Å². The Balaban J connectivity index is 1.70. The quantitative estimate of drug-likeness (QED) is 0.557. The summed E-state index contributed by atoms with van der Waals surface area (Å²) in [5.41, 5.74) is 1.81. The van der Waals surface area contributed by atoms with Crippen molar-refractivity contribution < 1.29 is 19.8 Å². The number of hydrogen-bond donors (Lipinski definition) is 2. The predicted octanol–water partition coefficient (Wildman–Crippen LogP) is 6.11. The van der Waals surface area contributed by atoms with Crippen LogP contribution in [0.1, 0.15) is 99.0 Å². The summed E-state index contributed by atoms with van der Waals surface area (Å²) in [5, 5.41) is 20.1. The van der Waals surface area contributed by atoms with E-state index in [1.807, 2.05) is 11.0 Å². The molecule has 1 aromatic rings. The highest BCUT2D eigenvalue weighted by atomic mass is 32.1. The lowest BCUT2D eigenvalue weighted by atomic mass is 9.81. The molecule has 0 aliphatic heterocycles. The number of carboxylic acids is 1. The Morgan fingerprint density at radius 3 is 2.28 bits per heavy atom. The first-order valence-corrected chi connectivity index (χ1v) is 13.2. The third-order valence-electron chi connectivity index (χ3n) is 7.74. The van der Waals surface area contributed by atoms with Crippen molar-refractivity contribution in [2.45, 2.75) is 96.6 Å². The van der Waals surface area contributed by atoms with Gasteiger partial charge in [-0.15, -0.1) is 11.3 Å². The molecule has 1 aromatic heterocycles. The molecule has 32 heavy (non-hydrogen) atoms. The van der Waals surface area contributed by atoms with Crippen molar-refractivity contribution in [3.63, 3.8) is 0 Å². The van der Waals surface area contributed by atoms with Crippen molar-refractivity contribution in [3.8, 4) is 0 Å². The van der Waals surface area contributed by atoms with Crippen molar-refractivity contribution in [3.05, 3.63) is 21.9 Å². The molecule has 0 radical (unpaired) electrons. The van der Waals surface area contributed by atoms with E-state index in [0.717, 1.165) is 56.2 Å². The third-order valence-corrected chi connectivity index (χ3v) is 8.92. The van der Waals surface area contributed by atoms with Gasteiger partial charge in [0.15, 0.2) is 0 Å². The summed E-state index contributed by atoms with van der Waals surface area (Å²) in [7, 11) is 0. The molecule has 4 rings (SSSR count). The molecule has 3 aliphatic carbocycles. The summed E-state index contributed by atoms with van der Waals surface area (Å²) in [6.45, 7) is 4.49. The molecule has 0 spiro atoms. The van der Waals surface area contributed by atoms with Gasteiger partial charge in [0.25, 0.3) is 0 Å². The molecular formula is C26H37NO4S. The Kier molecular flexibility index (Phi) is 7.40. The summed E-state index contributed by atoms with van der Waals surface area (Å²) >= 11 is 1.32. The van der Waals surface area contributed by atoms with Crippen molar-refractivity contribution in [2.24, 2.45) is 17.8 Å². The monoisotopic (exact) mass is 459 g/mol. The average molecular weight is 460 g/mol. The van der Waals surface area contributed by atoms with Crippen LogP contribution in [0.5, 0.6) is 0 Å². The molecule has 6 heteroatoms. The molecule has 3 aliphatic rings. The van der Waals surface area contributed by atoms with Gasteiger partial charge in [-0.25, -0.2) is 4.79 Å². The molecular weight excluding hydrogens is 422 g/mol. The molecule has 1 heterocycles. The van der Waals surface area contributed by atoms with E-state index in [0.29, 0.717) is 30.4 Å². The van der Waals surface area contributed by atoms with Gasteiger partial charge in [-0.1, -0.05) is 19.9 Å². The third kappa shape index (κ3) is 5.12. The number of nitrogens with zero attached hydrogens (tertiary/aromatic N) is 1. The Morgan fingerprint density at radius 2 is 1.66 bits per heavy atom. The lowest BCUT2D eigenvalue weighted by Gasteiger charge is -2.38. The molecule has 1 atom stereocenters. The van der Waals surface area contributed by atoms with Crippen molar-refractivity contribution >= 4 is 34.5 Å². The van der Waals surface area contributed by atoms with E-state index in [2.05, 4.69) is 19.9 Å². The van der Waals surface area contributed by atoms with Gasteiger partial charge >= 0.3 is 5.97 Å². The highest BCUT2D eigenvalue weighted by molar-refractivity contribution is 7.15. The number of carboxylic acid groups (broad SMARTS) is 1. The van der Waals surface area contributed by atoms with E-state index in [1.165, 1.54) is 23.3 Å². The maximum Gasteiger partial charge on any atom is 0.348 e. The molecule has 5 nitrogen and oxygen atoms in total. The normalized spacial score (nSPS) is 31.1. The van der Waals surface area contributed by atoms with Gasteiger partial charge in [0.05, 0.1) is 11.8 Å². The lowest BCUT2D eigenvalue weighted by molar-refractivity contribution is -0.124. The smallest absolute Gasteiger partial charge is 0.348 e. The van der Waals surface area contributed by atoms with E-state index >= 15 is 0 Å². The van der Waals surface area contributed by atoms with Gasteiger partial charge in [-0.3, -0.25) is 4.79 Å². The molecule has 2 saturated carbocycles. The molecule has 0 saturated heterocycles. The number of amides is 1. The fourth-order valence-electron chi connectivity index (χ4n) is 5.69. The molecule has 1 unspecified atom stereocenters. The maximum absolute atomic E-state index is 13.9. The van der Waals surface area contributed by atoms with Crippen LogP contribution in [-0.4, -0.2) is 34.2 Å². The van der Waals surface area contributed by atoms with E-state index < -0.39 is 5.97 Å². The minimum absolute atomic E-state index is 0.0306. The first kappa shape index (κ1) is 23.5. The Hall–Kier alpha value is -1.66. The van der Waals surface area contributed by atoms with Crippen LogP contribution >= 0.6 is 11.3 Å². The highest BCUT2D eigenvalue weighted by Crippen LogP contribution is 2.42. The molecule has 176 valence electrons. The Bertz CT molecular complexity index is 859. The molecule has 1 amide bonds. The number of allylic oxidation sites excluding steroid dienone is 2. The summed E-state index contributed by atoms with van der Waals surface area (Å²) < 4.78 is 0. The van der Waals surface area contributed by atoms with Gasteiger partial charge in [-0.2, -0.15) is 0 Å². The van der Waals surface area contributed by atoms with Crippen molar-refractivity contribution in [2.75, 3.05) is 4.90 Å². The van der Waals surface area contributed by atoms with Crippen LogP contribution in [0.25, 0.3) is 5.57 Å². The second-order valence-electron chi connectivity index (χ2n) is 10.4. The number of rotatable bonds is 5. The average Bonchev–Trinajstić information content (AvgIpc) is 3.21. The standard InChI is InChI=1S/C26H37NO4S/c1-16-6-8-18(9-7-16)25(29)27(20-10-12-21(28)13-11-20)22-15-23(32-24(22)26(30)31)19-5-3-4-17(2)14-19/h5,15-18,20-21,28H,3-4,6-14H2,1-2H3,(H,30,31)/t16-,17?,18-,20-,21-. The van der Waals surface area contributed by atoms with Gasteiger partial charge in [0.1, 0.15) is 4.88 Å². The topological polar surface area (TPSA) is 77.8 Å². The van der Waals surface area contributed by atoms with Gasteiger partial charge in [0, 0.05) is 16.8 Å². The molecule has 0 aromatic carbocycles. The summed E-state index contributed by atoms with van der Waals surface area (Å²) in [6, 6.07) is 1.94. The van der Waals surface area contributed by atoms with Gasteiger partial charge in [-0.05, 0) is 94.1 Å². The summed E-state index contributed by atoms with van der Waals surface area (Å²) in [5.74, 6) is 0.357. The van der Waals surface area contributed by atoms with Crippen LogP contribution in [0.15, 0.2) is 12.1 Å². The number of aromatic carboxylic acids is 1. The Morgan fingerprint density at radius 1 is 0.969 bits per heavy atom. The number of carbonyl (C=O) groups is 2. The maximum atomic E-state index is 13.9. The zero-order valence-electron chi connectivity index (χ0n) is 19.4. The zero-order chi connectivity index (χ0) is 22.8. The number of carbonyl (C=O) groups excluding carboxylic acids is 1. The number of hydrogen-bond acceptors (Lipinski definition) is 4. The van der Waals surface area contributed by atoms with Crippen molar-refractivity contribution in [1.82, 2.24) is 0 Å². The van der Waals surface area contributed by atoms with Crippen LogP contribution in [0.3, 0.4) is 0 Å². The minimum Gasteiger partial charge on any atom is -0.477 e. The number of anilines is 1. The van der Waals surface area contributed by atoms with Crippen LogP contribution in [0.4, 0.5) is 5.69 Å². The first-order chi connectivity index (χ1) is 15.3. The zero-order valence-corrected chi connectivity index (χ0v) is 20.2. The minimum atomic E-state index is -0.952. The first-order valence-electron chi connectivity index (χ1n) is 12.4.